The fraction of sp³-hybridized carbons (Fsp3) is 0.824. The van der Waals surface area contributed by atoms with E-state index in [1.807, 2.05) is 17.9 Å². The van der Waals surface area contributed by atoms with Crippen LogP contribution in [0.5, 0.6) is 0 Å². The second kappa shape index (κ2) is 4.87. The highest BCUT2D eigenvalue weighted by molar-refractivity contribution is 5.16. The van der Waals surface area contributed by atoms with Crippen LogP contribution in [0.1, 0.15) is 38.2 Å². The molecule has 5 atom stereocenters. The molecule has 1 aromatic rings. The van der Waals surface area contributed by atoms with Gasteiger partial charge in [0.1, 0.15) is 0 Å². The van der Waals surface area contributed by atoms with Gasteiger partial charge in [-0.05, 0) is 73.8 Å². The molecule has 0 aliphatic heterocycles. The van der Waals surface area contributed by atoms with Gasteiger partial charge in [0.25, 0.3) is 0 Å². The van der Waals surface area contributed by atoms with Gasteiger partial charge < -0.3 is 5.32 Å². The molecule has 5 unspecified atom stereocenters. The molecule has 2 bridgehead atoms. The van der Waals surface area contributed by atoms with Crippen LogP contribution in [-0.4, -0.2) is 22.4 Å². The Balaban J connectivity index is 1.39. The van der Waals surface area contributed by atoms with E-state index in [0.29, 0.717) is 0 Å². The van der Waals surface area contributed by atoms with E-state index >= 15 is 0 Å². The zero-order valence-corrected chi connectivity index (χ0v) is 12.8. The number of hydrogen-bond donors (Lipinski definition) is 1. The minimum absolute atomic E-state index is 0.749. The van der Waals surface area contributed by atoms with Crippen molar-refractivity contribution < 1.29 is 0 Å². The molecule has 3 heteroatoms. The number of aryl methyl sites for hydroxylation is 2. The average Bonchev–Trinajstić information content (AvgIpc) is 2.80. The summed E-state index contributed by atoms with van der Waals surface area (Å²) in [5.74, 6) is 5.36. The van der Waals surface area contributed by atoms with Crippen molar-refractivity contribution in [1.82, 2.24) is 15.1 Å². The van der Waals surface area contributed by atoms with Crippen LogP contribution in [0.2, 0.25) is 0 Å². The predicted molar refractivity (Wildman–Crippen MR) is 80.3 cm³/mol. The molecule has 0 aromatic carbocycles. The third-order valence-corrected chi connectivity index (χ3v) is 6.23. The van der Waals surface area contributed by atoms with Crippen molar-refractivity contribution in [3.63, 3.8) is 0 Å². The third-order valence-electron chi connectivity index (χ3n) is 6.23. The van der Waals surface area contributed by atoms with Gasteiger partial charge in [0.05, 0.1) is 6.20 Å². The summed E-state index contributed by atoms with van der Waals surface area (Å²) >= 11 is 0. The second-order valence-electron chi connectivity index (χ2n) is 7.29. The fourth-order valence-corrected chi connectivity index (χ4v) is 5.55. The first kappa shape index (κ1) is 12.9. The molecule has 1 heterocycles. The molecule has 3 aliphatic rings. The van der Waals surface area contributed by atoms with Crippen LogP contribution < -0.4 is 5.32 Å². The third kappa shape index (κ3) is 2.02. The van der Waals surface area contributed by atoms with Crippen molar-refractivity contribution in [2.24, 2.45) is 36.6 Å². The molecule has 3 fully saturated rings. The monoisotopic (exact) mass is 273 g/mol. The van der Waals surface area contributed by atoms with Gasteiger partial charge in [0.15, 0.2) is 0 Å². The largest absolute Gasteiger partial charge is 0.314 e. The molecule has 110 valence electrons. The van der Waals surface area contributed by atoms with Crippen LogP contribution >= 0.6 is 0 Å². The smallest absolute Gasteiger partial charge is 0.0521 e. The van der Waals surface area contributed by atoms with Crippen molar-refractivity contribution in [3.8, 4) is 0 Å². The molecule has 0 saturated heterocycles. The molecule has 20 heavy (non-hydrogen) atoms. The van der Waals surface area contributed by atoms with Gasteiger partial charge in [-0.15, -0.1) is 0 Å². The topological polar surface area (TPSA) is 29.9 Å². The number of fused-ring (bicyclic) bond motifs is 5. The van der Waals surface area contributed by atoms with Gasteiger partial charge in [-0.1, -0.05) is 6.92 Å². The lowest BCUT2D eigenvalue weighted by atomic mass is 9.94. The summed E-state index contributed by atoms with van der Waals surface area (Å²) in [5, 5.41) is 8.08. The second-order valence-corrected chi connectivity index (χ2v) is 7.29. The molecule has 1 aromatic heterocycles. The zero-order chi connectivity index (χ0) is 13.7. The first-order chi connectivity index (χ1) is 9.78. The molecular weight excluding hydrogens is 246 g/mol. The number of nitrogens with zero attached hydrogens (tertiary/aromatic N) is 2. The SMILES string of the molecule is CCNC(CCc1cnn(C)c1)C1C2C3CCC(C3)C21. The van der Waals surface area contributed by atoms with Crippen LogP contribution in [0, 0.1) is 29.6 Å². The summed E-state index contributed by atoms with van der Waals surface area (Å²) in [6.45, 7) is 3.37. The lowest BCUT2D eigenvalue weighted by Gasteiger charge is -2.21. The van der Waals surface area contributed by atoms with E-state index in [9.17, 15) is 0 Å². The minimum Gasteiger partial charge on any atom is -0.314 e. The van der Waals surface area contributed by atoms with Crippen molar-refractivity contribution in [1.29, 1.82) is 0 Å². The first-order valence-electron chi connectivity index (χ1n) is 8.49. The van der Waals surface area contributed by atoms with E-state index < -0.39 is 0 Å². The highest BCUT2D eigenvalue weighted by atomic mass is 15.2. The highest BCUT2D eigenvalue weighted by Gasteiger charge is 2.66. The van der Waals surface area contributed by atoms with Crippen molar-refractivity contribution in [2.45, 2.75) is 45.1 Å². The van der Waals surface area contributed by atoms with Gasteiger partial charge in [-0.2, -0.15) is 5.10 Å². The molecule has 3 aliphatic carbocycles. The molecule has 4 rings (SSSR count). The molecule has 1 N–H and O–H groups in total. The standard InChI is InChI=1S/C17H27N3/c1-3-18-14(7-4-11-9-19-20(2)10-11)17-15-12-5-6-13(8-12)16(15)17/h9-10,12-18H,3-8H2,1-2H3. The summed E-state index contributed by atoms with van der Waals surface area (Å²) in [6.07, 6.45) is 11.3. The van der Waals surface area contributed by atoms with Crippen molar-refractivity contribution in [3.05, 3.63) is 18.0 Å². The van der Waals surface area contributed by atoms with E-state index in [1.54, 1.807) is 6.42 Å². The maximum absolute atomic E-state index is 4.29. The Hall–Kier alpha value is -0.830. The Morgan fingerprint density at radius 3 is 2.70 bits per heavy atom. The fourth-order valence-electron chi connectivity index (χ4n) is 5.55. The molecular formula is C17H27N3. The van der Waals surface area contributed by atoms with E-state index in [2.05, 4.69) is 23.5 Å². The number of aromatic nitrogens is 2. The Bertz CT molecular complexity index is 464. The van der Waals surface area contributed by atoms with Crippen LogP contribution in [-0.2, 0) is 13.5 Å². The lowest BCUT2D eigenvalue weighted by molar-refractivity contribution is 0.353. The van der Waals surface area contributed by atoms with Crippen LogP contribution in [0.15, 0.2) is 12.4 Å². The van der Waals surface area contributed by atoms with Crippen LogP contribution in [0.4, 0.5) is 0 Å². The summed E-state index contributed by atoms with van der Waals surface area (Å²) in [5.41, 5.74) is 1.39. The van der Waals surface area contributed by atoms with Crippen LogP contribution in [0.3, 0.4) is 0 Å². The van der Waals surface area contributed by atoms with E-state index in [1.165, 1.54) is 31.2 Å². The molecule has 3 nitrogen and oxygen atoms in total. The van der Waals surface area contributed by atoms with Gasteiger partial charge >= 0.3 is 0 Å². The van der Waals surface area contributed by atoms with Gasteiger partial charge in [-0.3, -0.25) is 4.68 Å². The predicted octanol–water partition coefficient (Wildman–Crippen LogP) is 2.62. The van der Waals surface area contributed by atoms with Crippen LogP contribution in [0.25, 0.3) is 0 Å². The quantitative estimate of drug-likeness (QED) is 0.863. The summed E-state index contributed by atoms with van der Waals surface area (Å²) in [4.78, 5) is 0. The summed E-state index contributed by atoms with van der Waals surface area (Å²) in [7, 11) is 2.01. The van der Waals surface area contributed by atoms with Gasteiger partial charge in [0, 0.05) is 19.3 Å². The molecule has 3 saturated carbocycles. The minimum atomic E-state index is 0.749. The molecule has 0 radical (unpaired) electrons. The Morgan fingerprint density at radius 1 is 1.35 bits per heavy atom. The lowest BCUT2D eigenvalue weighted by Crippen LogP contribution is -2.33. The Kier molecular flexibility index (Phi) is 3.13. The molecule has 0 spiro atoms. The highest BCUT2D eigenvalue weighted by Crippen LogP contribution is 2.70. The maximum Gasteiger partial charge on any atom is 0.0521 e. The Labute approximate surface area is 122 Å². The van der Waals surface area contributed by atoms with Crippen molar-refractivity contribution >= 4 is 0 Å². The van der Waals surface area contributed by atoms with Gasteiger partial charge in [-0.25, -0.2) is 0 Å². The van der Waals surface area contributed by atoms with Crippen molar-refractivity contribution in [2.75, 3.05) is 6.54 Å². The summed E-state index contributed by atoms with van der Waals surface area (Å²) < 4.78 is 1.92. The Morgan fingerprint density at radius 2 is 2.10 bits per heavy atom. The first-order valence-corrected chi connectivity index (χ1v) is 8.49. The zero-order valence-electron chi connectivity index (χ0n) is 12.8. The number of nitrogens with one attached hydrogen (secondary N) is 1. The number of hydrogen-bond acceptors (Lipinski definition) is 2. The molecule has 0 amide bonds. The van der Waals surface area contributed by atoms with E-state index in [0.717, 1.165) is 42.2 Å². The van der Waals surface area contributed by atoms with E-state index in [4.69, 9.17) is 0 Å². The van der Waals surface area contributed by atoms with Gasteiger partial charge in [0.2, 0.25) is 0 Å². The number of rotatable bonds is 6. The average molecular weight is 273 g/mol. The normalized spacial score (nSPS) is 39.0. The maximum atomic E-state index is 4.29. The summed E-state index contributed by atoms with van der Waals surface area (Å²) in [6, 6.07) is 0.749. The van der Waals surface area contributed by atoms with E-state index in [-0.39, 0.29) is 0 Å².